The zero-order chi connectivity index (χ0) is 24.7. The first-order valence-electron chi connectivity index (χ1n) is 10.9. The van der Waals surface area contributed by atoms with Crippen molar-refractivity contribution in [3.8, 4) is 5.69 Å². The number of rotatable bonds is 4. The summed E-state index contributed by atoms with van der Waals surface area (Å²) in [6.45, 7) is 3.60. The number of hydrogen-bond donors (Lipinski definition) is 0. The summed E-state index contributed by atoms with van der Waals surface area (Å²) in [4.78, 5) is 31.5. The Morgan fingerprint density at radius 3 is 2.40 bits per heavy atom. The van der Waals surface area contributed by atoms with Crippen molar-refractivity contribution in [3.05, 3.63) is 114 Å². The summed E-state index contributed by atoms with van der Waals surface area (Å²) in [5.41, 5.74) is 3.55. The summed E-state index contributed by atoms with van der Waals surface area (Å²) >= 11 is 7.95. The Labute approximate surface area is 209 Å². The van der Waals surface area contributed by atoms with Crippen LogP contribution >= 0.6 is 22.9 Å². The lowest BCUT2D eigenvalue weighted by Gasteiger charge is -2.24. The van der Waals surface area contributed by atoms with Gasteiger partial charge in [-0.15, -0.1) is 0 Å². The average molecular weight is 505 g/mol. The summed E-state index contributed by atoms with van der Waals surface area (Å²) in [5, 5.41) is 4.97. The molecule has 7 nitrogen and oxygen atoms in total. The number of thiazole rings is 1. The van der Waals surface area contributed by atoms with Crippen molar-refractivity contribution in [2.24, 2.45) is 4.99 Å². The largest absolute Gasteiger partial charge is 0.466 e. The van der Waals surface area contributed by atoms with Crippen LogP contribution in [0.3, 0.4) is 0 Å². The van der Waals surface area contributed by atoms with Crippen LogP contribution in [0.4, 0.5) is 0 Å². The molecule has 0 N–H and O–H groups in total. The first kappa shape index (κ1) is 23.0. The van der Waals surface area contributed by atoms with Crippen LogP contribution in [-0.4, -0.2) is 27.4 Å². The molecule has 0 amide bonds. The van der Waals surface area contributed by atoms with E-state index >= 15 is 0 Å². The van der Waals surface area contributed by atoms with E-state index in [0.717, 1.165) is 11.3 Å². The first-order valence-corrected chi connectivity index (χ1v) is 12.1. The number of methoxy groups -OCH3 is 1. The number of esters is 1. The zero-order valence-corrected chi connectivity index (χ0v) is 20.8. The fourth-order valence-corrected chi connectivity index (χ4v) is 5.54. The van der Waals surface area contributed by atoms with Crippen molar-refractivity contribution >= 4 is 35.0 Å². The molecule has 2 aromatic heterocycles. The topological polar surface area (TPSA) is 78.5 Å². The van der Waals surface area contributed by atoms with Gasteiger partial charge >= 0.3 is 5.97 Å². The van der Waals surface area contributed by atoms with Crippen LogP contribution in [0.25, 0.3) is 11.8 Å². The monoisotopic (exact) mass is 504 g/mol. The Bertz CT molecular complexity index is 1650. The van der Waals surface area contributed by atoms with Gasteiger partial charge in [0.25, 0.3) is 5.56 Å². The van der Waals surface area contributed by atoms with Gasteiger partial charge in [0.05, 0.1) is 40.3 Å². The van der Waals surface area contributed by atoms with E-state index in [1.165, 1.54) is 18.4 Å². The Morgan fingerprint density at radius 1 is 1.09 bits per heavy atom. The van der Waals surface area contributed by atoms with E-state index in [1.807, 2.05) is 67.6 Å². The molecule has 0 aliphatic carbocycles. The van der Waals surface area contributed by atoms with E-state index in [4.69, 9.17) is 16.3 Å². The van der Waals surface area contributed by atoms with Gasteiger partial charge in [-0.25, -0.2) is 14.5 Å². The SMILES string of the molecule is COC(=O)C1=C(C)N=c2sc(=Cc3c(C)nn(-c4ccccc4)c3Cl)c(=O)n2C1c1ccccc1. The number of carbonyl (C=O) groups is 1. The molecule has 0 fully saturated rings. The number of benzene rings is 2. The lowest BCUT2D eigenvalue weighted by atomic mass is 9.96. The second kappa shape index (κ2) is 9.13. The van der Waals surface area contributed by atoms with E-state index in [2.05, 4.69) is 10.1 Å². The van der Waals surface area contributed by atoms with Crippen LogP contribution in [0.5, 0.6) is 0 Å². The summed E-state index contributed by atoms with van der Waals surface area (Å²) in [6.07, 6.45) is 1.74. The van der Waals surface area contributed by atoms with E-state index < -0.39 is 12.0 Å². The number of para-hydroxylation sites is 1. The number of hydrogen-bond acceptors (Lipinski definition) is 6. The van der Waals surface area contributed by atoms with Crippen molar-refractivity contribution in [2.45, 2.75) is 19.9 Å². The van der Waals surface area contributed by atoms with Gasteiger partial charge in [0.1, 0.15) is 5.15 Å². The highest BCUT2D eigenvalue weighted by Gasteiger charge is 2.33. The molecule has 1 aliphatic heterocycles. The molecule has 5 rings (SSSR count). The fraction of sp³-hybridized carbons (Fsp3) is 0.154. The van der Waals surface area contributed by atoms with E-state index in [0.29, 0.717) is 37.0 Å². The van der Waals surface area contributed by atoms with Crippen molar-refractivity contribution in [1.82, 2.24) is 14.3 Å². The summed E-state index contributed by atoms with van der Waals surface area (Å²) < 4.78 is 8.68. The molecule has 0 bridgehead atoms. The van der Waals surface area contributed by atoms with Crippen molar-refractivity contribution in [3.63, 3.8) is 0 Å². The predicted octanol–water partition coefficient (Wildman–Crippen LogP) is 3.56. The third-order valence-corrected chi connectivity index (χ3v) is 7.21. The summed E-state index contributed by atoms with van der Waals surface area (Å²) in [7, 11) is 1.32. The Balaban J connectivity index is 1.72. The number of nitrogens with zero attached hydrogens (tertiary/aromatic N) is 4. The molecule has 35 heavy (non-hydrogen) atoms. The fourth-order valence-electron chi connectivity index (χ4n) is 4.19. The lowest BCUT2D eigenvalue weighted by molar-refractivity contribution is -0.136. The molecular formula is C26H21ClN4O3S. The lowest BCUT2D eigenvalue weighted by Crippen LogP contribution is -2.39. The van der Waals surface area contributed by atoms with Gasteiger partial charge in [-0.2, -0.15) is 5.10 Å². The van der Waals surface area contributed by atoms with Crippen molar-refractivity contribution in [2.75, 3.05) is 7.11 Å². The Kier molecular flexibility index (Phi) is 6.00. The number of aromatic nitrogens is 3. The van der Waals surface area contributed by atoms with Crippen LogP contribution in [0.2, 0.25) is 5.15 Å². The minimum atomic E-state index is -0.648. The normalized spacial score (nSPS) is 15.7. The number of allylic oxidation sites excluding steroid dienone is 1. The van der Waals surface area contributed by atoms with Crippen LogP contribution in [-0.2, 0) is 9.53 Å². The highest BCUT2D eigenvalue weighted by Crippen LogP contribution is 2.30. The van der Waals surface area contributed by atoms with Gasteiger partial charge in [0.2, 0.25) is 0 Å². The minimum Gasteiger partial charge on any atom is -0.466 e. The maximum absolute atomic E-state index is 13.7. The Morgan fingerprint density at radius 2 is 1.74 bits per heavy atom. The van der Waals surface area contributed by atoms with Gasteiger partial charge in [0, 0.05) is 5.56 Å². The third-order valence-electron chi connectivity index (χ3n) is 5.87. The number of aryl methyl sites for hydroxylation is 1. The van der Waals surface area contributed by atoms with Crippen molar-refractivity contribution < 1.29 is 9.53 Å². The molecule has 3 heterocycles. The molecule has 1 aliphatic rings. The number of carbonyl (C=O) groups excluding carboxylic acids is 1. The molecule has 9 heteroatoms. The first-order chi connectivity index (χ1) is 16.9. The van der Waals surface area contributed by atoms with E-state index in [9.17, 15) is 9.59 Å². The van der Waals surface area contributed by atoms with E-state index in [1.54, 1.807) is 22.2 Å². The third kappa shape index (κ3) is 3.94. The molecule has 0 saturated carbocycles. The molecule has 0 saturated heterocycles. The molecule has 1 atom stereocenters. The van der Waals surface area contributed by atoms with Gasteiger partial charge in [-0.3, -0.25) is 9.36 Å². The molecule has 4 aromatic rings. The molecule has 176 valence electrons. The van der Waals surface area contributed by atoms with Gasteiger partial charge < -0.3 is 4.74 Å². The van der Waals surface area contributed by atoms with Crippen LogP contribution in [0, 0.1) is 6.92 Å². The maximum atomic E-state index is 13.7. The number of halogens is 1. The van der Waals surface area contributed by atoms with Gasteiger partial charge in [0.15, 0.2) is 4.80 Å². The van der Waals surface area contributed by atoms with Crippen LogP contribution in [0.15, 0.2) is 81.7 Å². The smallest absolute Gasteiger partial charge is 0.338 e. The average Bonchev–Trinajstić information content (AvgIpc) is 3.34. The van der Waals surface area contributed by atoms with Crippen molar-refractivity contribution in [1.29, 1.82) is 0 Å². The summed E-state index contributed by atoms with van der Waals surface area (Å²) in [6, 6.07) is 18.3. The van der Waals surface area contributed by atoms with Crippen LogP contribution in [0.1, 0.15) is 29.8 Å². The number of ether oxygens (including phenoxy) is 1. The minimum absolute atomic E-state index is 0.264. The highest BCUT2D eigenvalue weighted by atomic mass is 35.5. The summed E-state index contributed by atoms with van der Waals surface area (Å²) in [5.74, 6) is -0.516. The zero-order valence-electron chi connectivity index (χ0n) is 19.2. The van der Waals surface area contributed by atoms with Gasteiger partial charge in [-0.1, -0.05) is 71.5 Å². The molecule has 0 radical (unpaired) electrons. The van der Waals surface area contributed by atoms with E-state index in [-0.39, 0.29) is 5.56 Å². The standard InChI is InChI=1S/C26H21ClN4O3S/c1-15-19(23(27)31(29-15)18-12-8-5-9-13-18)14-20-24(32)30-22(17-10-6-4-7-11-17)21(25(33)34-3)16(2)28-26(30)35-20/h4-14,22H,1-3H3. The predicted molar refractivity (Wildman–Crippen MR) is 136 cm³/mol. The highest BCUT2D eigenvalue weighted by molar-refractivity contribution is 7.07. The second-order valence-corrected chi connectivity index (χ2v) is 9.39. The molecule has 2 aromatic carbocycles. The molecular weight excluding hydrogens is 484 g/mol. The molecule has 1 unspecified atom stereocenters. The van der Waals surface area contributed by atoms with Gasteiger partial charge in [-0.05, 0) is 37.6 Å². The molecule has 0 spiro atoms. The number of fused-ring (bicyclic) bond motifs is 1. The Hall–Kier alpha value is -3.75. The quantitative estimate of drug-likeness (QED) is 0.398. The maximum Gasteiger partial charge on any atom is 0.338 e. The second-order valence-electron chi connectivity index (χ2n) is 8.02. The van der Waals surface area contributed by atoms with Crippen LogP contribution < -0.4 is 14.9 Å².